The highest BCUT2D eigenvalue weighted by Crippen LogP contribution is 2.44. The summed E-state index contributed by atoms with van der Waals surface area (Å²) in [6.07, 6.45) is -0.0414. The van der Waals surface area contributed by atoms with Crippen molar-refractivity contribution < 1.29 is 28.2 Å². The van der Waals surface area contributed by atoms with Gasteiger partial charge in [0.1, 0.15) is 17.2 Å². The van der Waals surface area contributed by atoms with Gasteiger partial charge in [0, 0.05) is 25.8 Å². The number of benzene rings is 1. The van der Waals surface area contributed by atoms with Crippen molar-refractivity contribution in [2.75, 3.05) is 27.4 Å². The summed E-state index contributed by atoms with van der Waals surface area (Å²) in [5.74, 6) is -3.29. The van der Waals surface area contributed by atoms with Crippen molar-refractivity contribution >= 4 is 5.91 Å². The Morgan fingerprint density at radius 1 is 1.48 bits per heavy atom. The smallest absolute Gasteiger partial charge is 0.233 e. The number of amides is 1. The van der Waals surface area contributed by atoms with Crippen molar-refractivity contribution in [1.29, 1.82) is 0 Å². The van der Waals surface area contributed by atoms with Crippen molar-refractivity contribution in [3.63, 3.8) is 0 Å². The second-order valence-electron chi connectivity index (χ2n) is 6.40. The van der Waals surface area contributed by atoms with E-state index in [2.05, 4.69) is 11.9 Å². The number of hydrogen-bond acceptors (Lipinski definition) is 5. The van der Waals surface area contributed by atoms with E-state index in [4.69, 9.17) is 9.47 Å². The number of hydrogen-bond donors (Lipinski definition) is 2. The largest absolute Gasteiger partial charge is 0.505 e. The fourth-order valence-electron chi connectivity index (χ4n) is 3.54. The lowest BCUT2D eigenvalue weighted by molar-refractivity contribution is -0.157. The molecule has 2 N–H and O–H groups in total. The Bertz CT molecular complexity index is 727. The monoisotopic (exact) mass is 354 g/mol. The van der Waals surface area contributed by atoms with Gasteiger partial charge in [-0.2, -0.15) is 0 Å². The van der Waals surface area contributed by atoms with Crippen LogP contribution in [0.25, 0.3) is 0 Å². The van der Waals surface area contributed by atoms with Crippen molar-refractivity contribution in [3.8, 4) is 5.75 Å². The number of methoxy groups -OCH3 is 1. The highest BCUT2D eigenvalue weighted by molar-refractivity contribution is 5.83. The van der Waals surface area contributed by atoms with E-state index in [1.807, 2.05) is 0 Å². The Balaban J connectivity index is 2.10. The van der Waals surface area contributed by atoms with Crippen molar-refractivity contribution in [2.45, 2.75) is 18.1 Å². The first-order valence-corrected chi connectivity index (χ1v) is 7.84. The summed E-state index contributed by atoms with van der Waals surface area (Å²) < 4.78 is 38.9. The van der Waals surface area contributed by atoms with E-state index in [-0.39, 0.29) is 36.4 Å². The normalized spacial score (nSPS) is 29.4. The number of rotatable bonds is 3. The summed E-state index contributed by atoms with van der Waals surface area (Å²) in [6, 6.07) is 1.60. The minimum Gasteiger partial charge on any atom is -0.505 e. The van der Waals surface area contributed by atoms with E-state index in [0.29, 0.717) is 12.7 Å². The number of phenolic OH excluding ortho intramolecular Hbond substituents is 1. The number of aromatic hydroxyl groups is 1. The average Bonchev–Trinajstić information content (AvgIpc) is 2.57. The summed E-state index contributed by atoms with van der Waals surface area (Å²) in [6.45, 7) is 4.03. The van der Waals surface area contributed by atoms with E-state index >= 15 is 0 Å². The Morgan fingerprint density at radius 2 is 2.20 bits per heavy atom. The molecule has 3 rings (SSSR count). The van der Waals surface area contributed by atoms with Gasteiger partial charge >= 0.3 is 0 Å². The quantitative estimate of drug-likeness (QED) is 0.860. The number of fused-ring (bicyclic) bond motifs is 1. The van der Waals surface area contributed by atoms with Gasteiger partial charge in [-0.1, -0.05) is 6.58 Å². The van der Waals surface area contributed by atoms with Crippen LogP contribution < -0.4 is 5.32 Å². The molecular formula is C17H20F2N2O4. The van der Waals surface area contributed by atoms with Crippen molar-refractivity contribution in [1.82, 2.24) is 10.2 Å². The molecule has 0 aliphatic carbocycles. The number of nitrogens with one attached hydrogen (secondary N) is 1. The van der Waals surface area contributed by atoms with Crippen LogP contribution in [0, 0.1) is 17.6 Å². The average molecular weight is 354 g/mol. The SMILES string of the molecule is C=C1N[C@@]2(c3cc(O)c(F)cc3F)CO[C@@H](COC)C[C@H]2C(=O)N1C. The zero-order chi connectivity index (χ0) is 18.4. The summed E-state index contributed by atoms with van der Waals surface area (Å²) in [5, 5.41) is 12.8. The highest BCUT2D eigenvalue weighted by atomic mass is 19.1. The van der Waals surface area contributed by atoms with Crippen LogP contribution in [0.4, 0.5) is 8.78 Å². The number of halogens is 2. The topological polar surface area (TPSA) is 71.0 Å². The number of carbonyl (C=O) groups is 1. The zero-order valence-corrected chi connectivity index (χ0v) is 14.0. The van der Waals surface area contributed by atoms with Gasteiger partial charge in [0.2, 0.25) is 5.91 Å². The van der Waals surface area contributed by atoms with Crippen LogP contribution in [-0.4, -0.2) is 49.4 Å². The minimum absolute atomic E-state index is 0.0325. The fraction of sp³-hybridized carbons (Fsp3) is 0.471. The molecule has 0 unspecified atom stereocenters. The van der Waals surface area contributed by atoms with Crippen molar-refractivity contribution in [3.05, 3.63) is 41.7 Å². The molecule has 0 aromatic heterocycles. The minimum atomic E-state index is -1.28. The van der Waals surface area contributed by atoms with Crippen LogP contribution in [0.1, 0.15) is 12.0 Å². The van der Waals surface area contributed by atoms with E-state index in [1.165, 1.54) is 12.0 Å². The molecule has 0 radical (unpaired) electrons. The fourth-order valence-corrected chi connectivity index (χ4v) is 3.54. The lowest BCUT2D eigenvalue weighted by Gasteiger charge is -2.52. The van der Waals surface area contributed by atoms with Gasteiger partial charge in [0.25, 0.3) is 0 Å². The van der Waals surface area contributed by atoms with Gasteiger partial charge in [-0.05, 0) is 12.5 Å². The third-order valence-corrected chi connectivity index (χ3v) is 4.91. The van der Waals surface area contributed by atoms with Crippen LogP contribution in [0.15, 0.2) is 24.5 Å². The molecule has 2 aliphatic heterocycles. The van der Waals surface area contributed by atoms with Crippen LogP contribution in [0.2, 0.25) is 0 Å². The molecule has 2 heterocycles. The molecule has 3 atom stereocenters. The Hall–Kier alpha value is -2.19. The van der Waals surface area contributed by atoms with E-state index in [1.54, 1.807) is 7.05 Å². The van der Waals surface area contributed by atoms with Crippen LogP contribution in [0.5, 0.6) is 5.75 Å². The molecule has 8 heteroatoms. The Kier molecular flexibility index (Phi) is 4.42. The lowest BCUT2D eigenvalue weighted by atomic mass is 9.71. The van der Waals surface area contributed by atoms with Crippen LogP contribution in [-0.2, 0) is 19.8 Å². The third-order valence-electron chi connectivity index (χ3n) is 4.91. The van der Waals surface area contributed by atoms with Crippen LogP contribution >= 0.6 is 0 Å². The molecule has 0 spiro atoms. The zero-order valence-electron chi connectivity index (χ0n) is 14.0. The van der Waals surface area contributed by atoms with Gasteiger partial charge in [0.05, 0.1) is 25.2 Å². The second-order valence-corrected chi connectivity index (χ2v) is 6.40. The van der Waals surface area contributed by atoms with Gasteiger partial charge in [-0.15, -0.1) is 0 Å². The molecule has 1 aromatic carbocycles. The predicted octanol–water partition coefficient (Wildman–Crippen LogP) is 1.45. The van der Waals surface area contributed by atoms with Gasteiger partial charge in [-0.25, -0.2) is 8.78 Å². The predicted molar refractivity (Wildman–Crippen MR) is 84.5 cm³/mol. The third kappa shape index (κ3) is 2.75. The lowest BCUT2D eigenvalue weighted by Crippen LogP contribution is -2.66. The molecule has 2 saturated heterocycles. The molecule has 25 heavy (non-hydrogen) atoms. The number of ether oxygens (including phenoxy) is 2. The second kappa shape index (κ2) is 6.27. The Labute approximate surface area is 144 Å². The van der Waals surface area contributed by atoms with E-state index in [0.717, 1.165) is 6.07 Å². The molecule has 2 aliphatic rings. The molecular weight excluding hydrogens is 334 g/mol. The molecule has 6 nitrogen and oxygen atoms in total. The first kappa shape index (κ1) is 17.6. The first-order valence-electron chi connectivity index (χ1n) is 7.84. The molecule has 2 fully saturated rings. The maximum atomic E-state index is 14.6. The summed E-state index contributed by atoms with van der Waals surface area (Å²) in [5.41, 5.74) is -1.31. The standard InChI is InChI=1S/C17H20F2N2O4/c1-9-20-17(11-5-15(22)14(19)6-13(11)18)8-25-10(7-24-3)4-12(17)16(23)21(9)2/h5-6,10,12,20,22H,1,4,7-8H2,2-3H3/t10-,12+,17-/m1/s1. The maximum absolute atomic E-state index is 14.6. The molecule has 0 saturated carbocycles. The van der Waals surface area contributed by atoms with E-state index in [9.17, 15) is 18.7 Å². The maximum Gasteiger partial charge on any atom is 0.233 e. The van der Waals surface area contributed by atoms with E-state index < -0.39 is 28.8 Å². The highest BCUT2D eigenvalue weighted by Gasteiger charge is 2.55. The summed E-state index contributed by atoms with van der Waals surface area (Å²) in [7, 11) is 3.10. The number of nitrogens with zero attached hydrogens (tertiary/aromatic N) is 1. The Morgan fingerprint density at radius 3 is 2.88 bits per heavy atom. The first-order chi connectivity index (χ1) is 11.8. The van der Waals surface area contributed by atoms with Gasteiger partial charge in [0.15, 0.2) is 11.6 Å². The van der Waals surface area contributed by atoms with Gasteiger partial charge < -0.3 is 24.8 Å². The molecule has 1 amide bonds. The summed E-state index contributed by atoms with van der Waals surface area (Å²) in [4.78, 5) is 14.2. The molecule has 0 bridgehead atoms. The van der Waals surface area contributed by atoms with Gasteiger partial charge in [-0.3, -0.25) is 4.79 Å². The number of phenols is 1. The van der Waals surface area contributed by atoms with Crippen LogP contribution in [0.3, 0.4) is 0 Å². The summed E-state index contributed by atoms with van der Waals surface area (Å²) >= 11 is 0. The van der Waals surface area contributed by atoms with Crippen molar-refractivity contribution in [2.24, 2.45) is 5.92 Å². The number of carbonyl (C=O) groups excluding carboxylic acids is 1. The molecule has 136 valence electrons. The molecule has 1 aromatic rings.